The van der Waals surface area contributed by atoms with E-state index in [0.717, 1.165) is 20.2 Å². The molecule has 82 valence electrons. The van der Waals surface area contributed by atoms with Crippen molar-refractivity contribution in [3.05, 3.63) is 39.1 Å². The van der Waals surface area contributed by atoms with Gasteiger partial charge in [0.25, 0.3) is 0 Å². The molecule has 16 heavy (non-hydrogen) atoms. The van der Waals surface area contributed by atoms with Gasteiger partial charge in [0.05, 0.1) is 18.2 Å². The van der Waals surface area contributed by atoms with Crippen LogP contribution in [-0.2, 0) is 4.74 Å². The predicted molar refractivity (Wildman–Crippen MR) is 70.5 cm³/mol. The van der Waals surface area contributed by atoms with Gasteiger partial charge in [0.2, 0.25) is 0 Å². The molecule has 0 aliphatic heterocycles. The van der Waals surface area contributed by atoms with Gasteiger partial charge in [0, 0.05) is 14.7 Å². The minimum atomic E-state index is -0.322. The quantitative estimate of drug-likeness (QED) is 0.597. The lowest BCUT2D eigenvalue weighted by atomic mass is 10.1. The zero-order chi connectivity index (χ0) is 11.7. The van der Waals surface area contributed by atoms with Gasteiger partial charge in [-0.05, 0) is 53.8 Å². The van der Waals surface area contributed by atoms with Crippen molar-refractivity contribution < 1.29 is 9.53 Å². The van der Waals surface area contributed by atoms with E-state index >= 15 is 0 Å². The van der Waals surface area contributed by atoms with E-state index in [0.29, 0.717) is 5.56 Å². The Morgan fingerprint density at radius 1 is 1.38 bits per heavy atom. The molecule has 1 heterocycles. The number of nitrogens with zero attached hydrogens (tertiary/aromatic N) is 1. The number of hydrogen-bond acceptors (Lipinski definition) is 3. The molecule has 2 aromatic rings. The van der Waals surface area contributed by atoms with Crippen LogP contribution < -0.4 is 0 Å². The Morgan fingerprint density at radius 2 is 2.12 bits per heavy atom. The van der Waals surface area contributed by atoms with Crippen molar-refractivity contribution in [3.63, 3.8) is 0 Å². The summed E-state index contributed by atoms with van der Waals surface area (Å²) >= 11 is 2.21. The number of hydrogen-bond donors (Lipinski definition) is 0. The van der Waals surface area contributed by atoms with E-state index in [1.807, 2.05) is 25.1 Å². The standard InChI is InChI=1S/C12H10INO2/c1-7-5-10(12(15)16-2)9-6-8(13)3-4-11(9)14-7/h3-6H,1-2H3. The van der Waals surface area contributed by atoms with Crippen LogP contribution in [0.15, 0.2) is 24.3 Å². The van der Waals surface area contributed by atoms with Crippen LogP contribution in [0.1, 0.15) is 16.1 Å². The van der Waals surface area contributed by atoms with Gasteiger partial charge >= 0.3 is 5.97 Å². The van der Waals surface area contributed by atoms with Crippen LogP contribution in [0.25, 0.3) is 10.9 Å². The van der Waals surface area contributed by atoms with Crippen molar-refractivity contribution in [2.75, 3.05) is 7.11 Å². The molecule has 2 rings (SSSR count). The van der Waals surface area contributed by atoms with Crippen molar-refractivity contribution >= 4 is 39.5 Å². The third kappa shape index (κ3) is 2.02. The van der Waals surface area contributed by atoms with Gasteiger partial charge in [0.1, 0.15) is 0 Å². The van der Waals surface area contributed by atoms with E-state index in [2.05, 4.69) is 27.6 Å². The summed E-state index contributed by atoms with van der Waals surface area (Å²) in [4.78, 5) is 16.0. The number of aromatic nitrogens is 1. The lowest BCUT2D eigenvalue weighted by Crippen LogP contribution is -2.04. The fraction of sp³-hybridized carbons (Fsp3) is 0.167. The normalized spacial score (nSPS) is 10.4. The summed E-state index contributed by atoms with van der Waals surface area (Å²) in [6.45, 7) is 1.86. The van der Waals surface area contributed by atoms with Gasteiger partial charge in [-0.1, -0.05) is 0 Å². The summed E-state index contributed by atoms with van der Waals surface area (Å²) in [5.41, 5.74) is 2.21. The Bertz CT molecular complexity index is 566. The molecular formula is C12H10INO2. The van der Waals surface area contributed by atoms with Crippen LogP contribution >= 0.6 is 22.6 Å². The smallest absolute Gasteiger partial charge is 0.338 e. The van der Waals surface area contributed by atoms with Crippen LogP contribution in [0.3, 0.4) is 0 Å². The highest BCUT2D eigenvalue weighted by Crippen LogP contribution is 2.21. The summed E-state index contributed by atoms with van der Waals surface area (Å²) in [5, 5.41) is 0.837. The maximum absolute atomic E-state index is 11.6. The lowest BCUT2D eigenvalue weighted by Gasteiger charge is -2.06. The molecule has 0 spiro atoms. The monoisotopic (exact) mass is 327 g/mol. The molecule has 0 saturated carbocycles. The Labute approximate surface area is 107 Å². The second-order valence-corrected chi connectivity index (χ2v) is 4.71. The zero-order valence-corrected chi connectivity index (χ0v) is 11.1. The van der Waals surface area contributed by atoms with Crippen molar-refractivity contribution in [2.45, 2.75) is 6.92 Å². The number of methoxy groups -OCH3 is 1. The number of carbonyl (C=O) groups is 1. The van der Waals surface area contributed by atoms with Crippen LogP contribution in [0.2, 0.25) is 0 Å². The van der Waals surface area contributed by atoms with Crippen LogP contribution in [0.5, 0.6) is 0 Å². The summed E-state index contributed by atoms with van der Waals surface area (Å²) in [7, 11) is 1.39. The Morgan fingerprint density at radius 3 is 2.81 bits per heavy atom. The molecule has 1 aromatic heterocycles. The molecule has 0 aliphatic rings. The lowest BCUT2D eigenvalue weighted by molar-refractivity contribution is 0.0603. The van der Waals surface area contributed by atoms with Crippen LogP contribution in [-0.4, -0.2) is 18.1 Å². The average molecular weight is 327 g/mol. The molecule has 0 unspecified atom stereocenters. The fourth-order valence-corrected chi connectivity index (χ4v) is 2.10. The molecule has 0 radical (unpaired) electrons. The van der Waals surface area contributed by atoms with Gasteiger partial charge in [-0.3, -0.25) is 4.98 Å². The second kappa shape index (κ2) is 4.37. The van der Waals surface area contributed by atoms with Crippen molar-refractivity contribution in [3.8, 4) is 0 Å². The topological polar surface area (TPSA) is 39.2 Å². The highest BCUT2D eigenvalue weighted by molar-refractivity contribution is 14.1. The summed E-state index contributed by atoms with van der Waals surface area (Å²) in [6.07, 6.45) is 0. The van der Waals surface area contributed by atoms with Gasteiger partial charge in [-0.25, -0.2) is 4.79 Å². The fourth-order valence-electron chi connectivity index (χ4n) is 1.61. The SMILES string of the molecule is COC(=O)c1cc(C)nc2ccc(I)cc12. The number of fused-ring (bicyclic) bond motifs is 1. The number of carbonyl (C=O) groups excluding carboxylic acids is 1. The van der Waals surface area contributed by atoms with Gasteiger partial charge in [-0.15, -0.1) is 0 Å². The van der Waals surface area contributed by atoms with E-state index in [1.54, 1.807) is 6.07 Å². The number of esters is 1. The number of benzene rings is 1. The van der Waals surface area contributed by atoms with E-state index in [4.69, 9.17) is 4.74 Å². The Balaban J connectivity index is 2.79. The maximum atomic E-state index is 11.6. The third-order valence-electron chi connectivity index (χ3n) is 2.30. The maximum Gasteiger partial charge on any atom is 0.338 e. The first-order valence-corrected chi connectivity index (χ1v) is 5.85. The van der Waals surface area contributed by atoms with E-state index in [-0.39, 0.29) is 5.97 Å². The summed E-state index contributed by atoms with van der Waals surface area (Å²) < 4.78 is 5.84. The average Bonchev–Trinajstić information content (AvgIpc) is 2.27. The molecule has 0 aliphatic carbocycles. The number of pyridine rings is 1. The second-order valence-electron chi connectivity index (χ2n) is 3.46. The largest absolute Gasteiger partial charge is 0.465 e. The van der Waals surface area contributed by atoms with Gasteiger partial charge in [0.15, 0.2) is 0 Å². The first-order valence-electron chi connectivity index (χ1n) is 4.77. The minimum absolute atomic E-state index is 0.322. The molecule has 0 amide bonds. The van der Waals surface area contributed by atoms with Crippen LogP contribution in [0.4, 0.5) is 0 Å². The molecule has 3 nitrogen and oxygen atoms in total. The number of rotatable bonds is 1. The Kier molecular flexibility index (Phi) is 3.09. The molecule has 0 N–H and O–H groups in total. The van der Waals surface area contributed by atoms with Gasteiger partial charge < -0.3 is 4.74 Å². The van der Waals surface area contributed by atoms with Gasteiger partial charge in [-0.2, -0.15) is 0 Å². The summed E-state index contributed by atoms with van der Waals surface area (Å²) in [5.74, 6) is -0.322. The number of halogens is 1. The molecule has 0 atom stereocenters. The van der Waals surface area contributed by atoms with Crippen molar-refractivity contribution in [1.29, 1.82) is 0 Å². The molecular weight excluding hydrogens is 317 g/mol. The first kappa shape index (κ1) is 11.3. The third-order valence-corrected chi connectivity index (χ3v) is 2.98. The van der Waals surface area contributed by atoms with Crippen LogP contribution in [0, 0.1) is 10.5 Å². The number of aryl methyl sites for hydroxylation is 1. The van der Waals surface area contributed by atoms with E-state index < -0.39 is 0 Å². The highest BCUT2D eigenvalue weighted by atomic mass is 127. The molecule has 0 fully saturated rings. The Hall–Kier alpha value is -1.17. The van der Waals surface area contributed by atoms with Crippen molar-refractivity contribution in [1.82, 2.24) is 4.98 Å². The number of ether oxygens (including phenoxy) is 1. The molecule has 4 heteroatoms. The first-order chi connectivity index (χ1) is 7.61. The summed E-state index contributed by atoms with van der Waals surface area (Å²) in [6, 6.07) is 7.58. The molecule has 1 aromatic carbocycles. The zero-order valence-electron chi connectivity index (χ0n) is 8.95. The molecule has 0 bridgehead atoms. The minimum Gasteiger partial charge on any atom is -0.465 e. The van der Waals surface area contributed by atoms with E-state index in [9.17, 15) is 4.79 Å². The van der Waals surface area contributed by atoms with Crippen molar-refractivity contribution in [2.24, 2.45) is 0 Å². The predicted octanol–water partition coefficient (Wildman–Crippen LogP) is 2.93. The molecule has 0 saturated heterocycles. The van der Waals surface area contributed by atoms with E-state index in [1.165, 1.54) is 7.11 Å². The highest BCUT2D eigenvalue weighted by Gasteiger charge is 2.12.